The van der Waals surface area contributed by atoms with Crippen molar-refractivity contribution >= 4 is 29.1 Å². The lowest BCUT2D eigenvalue weighted by atomic mass is 9.92. The van der Waals surface area contributed by atoms with Crippen LogP contribution in [-0.2, 0) is 33.3 Å². The third kappa shape index (κ3) is 5.56. The van der Waals surface area contributed by atoms with Crippen LogP contribution in [-0.4, -0.2) is 61.6 Å². The Morgan fingerprint density at radius 3 is 2.38 bits per heavy atom. The molecule has 3 heterocycles. The smallest absolute Gasteiger partial charge is 0.307 e. The second-order valence-electron chi connectivity index (χ2n) is 8.73. The van der Waals surface area contributed by atoms with Gasteiger partial charge in [-0.3, -0.25) is 19.0 Å². The van der Waals surface area contributed by atoms with E-state index < -0.39 is 48.3 Å². The van der Waals surface area contributed by atoms with Gasteiger partial charge in [0, 0.05) is 19.3 Å². The lowest BCUT2D eigenvalue weighted by Crippen LogP contribution is -2.55. The molecule has 3 rings (SSSR count). The van der Waals surface area contributed by atoms with E-state index in [0.717, 1.165) is 0 Å². The number of fused-ring (bicyclic) bond motifs is 1. The van der Waals surface area contributed by atoms with Crippen molar-refractivity contribution in [3.8, 4) is 12.3 Å². The van der Waals surface area contributed by atoms with E-state index in [-0.39, 0.29) is 24.9 Å². The SMILES string of the molecule is C#C[C@]1(OC(=O)CCC)[C@H](n2cnc3c(C)ncnc32)O[C@](F)(COC(=O)CCC)[C@H]1OC(=O)CCC. The van der Waals surface area contributed by atoms with Gasteiger partial charge >= 0.3 is 17.9 Å². The molecule has 0 radical (unpaired) electrons. The van der Waals surface area contributed by atoms with Gasteiger partial charge in [-0.1, -0.05) is 20.8 Å². The Bertz CT molecular complexity index is 1200. The summed E-state index contributed by atoms with van der Waals surface area (Å²) in [5.74, 6) is -2.86. The van der Waals surface area contributed by atoms with E-state index in [4.69, 9.17) is 25.4 Å². The molecule has 0 aliphatic carbocycles. The fraction of sp³-hybridized carbons (Fsp3) is 0.600. The van der Waals surface area contributed by atoms with Gasteiger partial charge in [0.05, 0.1) is 12.0 Å². The van der Waals surface area contributed by atoms with E-state index >= 15 is 4.39 Å². The topological polar surface area (TPSA) is 132 Å². The van der Waals surface area contributed by atoms with Crippen molar-refractivity contribution in [2.45, 2.75) is 90.0 Å². The predicted molar refractivity (Wildman–Crippen MR) is 127 cm³/mol. The molecule has 12 heteroatoms. The number of nitrogens with zero attached hydrogens (tertiary/aromatic N) is 4. The molecule has 1 saturated heterocycles. The van der Waals surface area contributed by atoms with Crippen LogP contribution < -0.4 is 0 Å². The summed E-state index contributed by atoms with van der Waals surface area (Å²) in [5, 5.41) is 0. The molecule has 37 heavy (non-hydrogen) atoms. The fourth-order valence-electron chi connectivity index (χ4n) is 4.05. The second kappa shape index (κ2) is 11.6. The van der Waals surface area contributed by atoms with E-state index in [1.165, 1.54) is 17.2 Å². The molecule has 4 atom stereocenters. The average Bonchev–Trinajstić information content (AvgIpc) is 3.38. The van der Waals surface area contributed by atoms with Crippen LogP contribution in [0, 0.1) is 19.3 Å². The van der Waals surface area contributed by atoms with Crippen LogP contribution in [0.15, 0.2) is 12.7 Å². The summed E-state index contributed by atoms with van der Waals surface area (Å²) in [4.78, 5) is 50.0. The summed E-state index contributed by atoms with van der Waals surface area (Å²) >= 11 is 0. The highest BCUT2D eigenvalue weighted by Crippen LogP contribution is 2.50. The van der Waals surface area contributed by atoms with Crippen LogP contribution in [0.2, 0.25) is 0 Å². The van der Waals surface area contributed by atoms with Gasteiger partial charge in [-0.15, -0.1) is 6.42 Å². The first kappa shape index (κ1) is 28.0. The highest BCUT2D eigenvalue weighted by molar-refractivity contribution is 5.74. The fourth-order valence-corrected chi connectivity index (χ4v) is 4.05. The van der Waals surface area contributed by atoms with Crippen LogP contribution >= 0.6 is 0 Å². The Labute approximate surface area is 214 Å². The van der Waals surface area contributed by atoms with Crippen molar-refractivity contribution in [1.29, 1.82) is 0 Å². The molecule has 0 spiro atoms. The van der Waals surface area contributed by atoms with E-state index in [1.807, 2.05) is 0 Å². The Morgan fingerprint density at radius 1 is 1.08 bits per heavy atom. The molecule has 0 N–H and O–H groups in total. The molecule has 200 valence electrons. The zero-order valence-corrected chi connectivity index (χ0v) is 21.4. The standard InChI is InChI=1S/C25H31FN4O7/c1-6-10-17(31)34-13-25(26)22(35-18(32)11-7-2)24(9-4,36-19(33)12-8-3)23(37-25)30-15-29-20-16(5)27-14-28-21(20)30/h4,14-15,22-23H,6-8,10-13H2,1-3,5H3/t22-,23+,24+,25+/m0/s1. The number of aromatic nitrogens is 4. The molecule has 0 bridgehead atoms. The maximum absolute atomic E-state index is 16.7. The number of aryl methyl sites for hydroxylation is 1. The quantitative estimate of drug-likeness (QED) is 0.248. The summed E-state index contributed by atoms with van der Waals surface area (Å²) in [6.45, 7) is 5.99. The Hall–Kier alpha value is -3.59. The number of imidazole rings is 1. The largest absolute Gasteiger partial charge is 0.459 e. The van der Waals surface area contributed by atoms with Gasteiger partial charge in [0.15, 0.2) is 18.5 Å². The number of carbonyl (C=O) groups excluding carboxylic acids is 3. The van der Waals surface area contributed by atoms with Gasteiger partial charge in [0.25, 0.3) is 11.5 Å². The molecule has 0 amide bonds. The Morgan fingerprint density at radius 2 is 1.73 bits per heavy atom. The van der Waals surface area contributed by atoms with Crippen LogP contribution in [0.1, 0.15) is 71.2 Å². The predicted octanol–water partition coefficient (Wildman–Crippen LogP) is 3.10. The number of rotatable bonds is 11. The normalized spacial score (nSPS) is 25.0. The van der Waals surface area contributed by atoms with Crippen molar-refractivity contribution < 1.29 is 37.7 Å². The number of halogens is 1. The monoisotopic (exact) mass is 518 g/mol. The van der Waals surface area contributed by atoms with Crippen molar-refractivity contribution in [1.82, 2.24) is 19.5 Å². The molecule has 0 aromatic carbocycles. The first-order chi connectivity index (χ1) is 17.7. The number of hydrogen-bond donors (Lipinski definition) is 0. The van der Waals surface area contributed by atoms with Crippen molar-refractivity contribution in [3.05, 3.63) is 18.3 Å². The molecule has 11 nitrogen and oxygen atoms in total. The van der Waals surface area contributed by atoms with Crippen LogP contribution in [0.4, 0.5) is 4.39 Å². The lowest BCUT2D eigenvalue weighted by molar-refractivity contribution is -0.224. The second-order valence-corrected chi connectivity index (χ2v) is 8.73. The number of alkyl halides is 1. The first-order valence-corrected chi connectivity index (χ1v) is 12.2. The number of terminal acetylenes is 1. The van der Waals surface area contributed by atoms with Crippen molar-refractivity contribution in [2.24, 2.45) is 0 Å². The molecule has 0 saturated carbocycles. The van der Waals surface area contributed by atoms with Gasteiger partial charge in [0.2, 0.25) is 6.10 Å². The zero-order chi connectivity index (χ0) is 27.2. The molecule has 2 aromatic heterocycles. The van der Waals surface area contributed by atoms with Crippen LogP contribution in [0.5, 0.6) is 0 Å². The van der Waals surface area contributed by atoms with E-state index in [0.29, 0.717) is 30.5 Å². The van der Waals surface area contributed by atoms with Crippen LogP contribution in [0.3, 0.4) is 0 Å². The van der Waals surface area contributed by atoms with Gasteiger partial charge < -0.3 is 18.9 Å². The number of hydrogen-bond acceptors (Lipinski definition) is 10. The summed E-state index contributed by atoms with van der Waals surface area (Å²) < 4.78 is 40.1. The zero-order valence-electron chi connectivity index (χ0n) is 21.4. The average molecular weight is 519 g/mol. The minimum atomic E-state index is -2.96. The highest BCUT2D eigenvalue weighted by Gasteiger charge is 2.71. The van der Waals surface area contributed by atoms with E-state index in [2.05, 4.69) is 20.9 Å². The van der Waals surface area contributed by atoms with Gasteiger partial charge in [-0.05, 0) is 32.1 Å². The molecular weight excluding hydrogens is 487 g/mol. The molecule has 0 unspecified atom stereocenters. The van der Waals surface area contributed by atoms with E-state index in [9.17, 15) is 14.4 Å². The van der Waals surface area contributed by atoms with Gasteiger partial charge in [-0.2, -0.15) is 0 Å². The third-order valence-corrected chi connectivity index (χ3v) is 5.80. The Kier molecular flexibility index (Phi) is 8.81. The van der Waals surface area contributed by atoms with E-state index in [1.54, 1.807) is 27.7 Å². The summed E-state index contributed by atoms with van der Waals surface area (Å²) in [5.41, 5.74) is -1.16. The minimum absolute atomic E-state index is 0.0356. The Balaban J connectivity index is 2.18. The summed E-state index contributed by atoms with van der Waals surface area (Å²) in [6.07, 6.45) is 6.16. The lowest BCUT2D eigenvalue weighted by Gasteiger charge is -2.34. The van der Waals surface area contributed by atoms with Gasteiger partial charge in [-0.25, -0.2) is 19.3 Å². The van der Waals surface area contributed by atoms with Crippen LogP contribution in [0.25, 0.3) is 11.2 Å². The molecule has 1 aliphatic heterocycles. The highest BCUT2D eigenvalue weighted by atomic mass is 19.2. The molecule has 1 fully saturated rings. The maximum atomic E-state index is 16.7. The summed E-state index contributed by atoms with van der Waals surface area (Å²) in [7, 11) is 0. The summed E-state index contributed by atoms with van der Waals surface area (Å²) in [6, 6.07) is 0. The van der Waals surface area contributed by atoms with Crippen molar-refractivity contribution in [2.75, 3.05) is 6.61 Å². The molecule has 2 aromatic rings. The first-order valence-electron chi connectivity index (χ1n) is 12.2. The number of esters is 3. The number of carbonyl (C=O) groups is 3. The molecular formula is C25H31FN4O7. The maximum Gasteiger partial charge on any atom is 0.307 e. The third-order valence-electron chi connectivity index (χ3n) is 5.80. The van der Waals surface area contributed by atoms with Crippen molar-refractivity contribution in [3.63, 3.8) is 0 Å². The number of ether oxygens (including phenoxy) is 4. The van der Waals surface area contributed by atoms with Gasteiger partial charge in [0.1, 0.15) is 11.8 Å². The minimum Gasteiger partial charge on any atom is -0.459 e. The molecule has 1 aliphatic rings.